The first kappa shape index (κ1) is 37.2. The largest absolute Gasteiger partial charge is 0.384 e. The summed E-state index contributed by atoms with van der Waals surface area (Å²) < 4.78 is 85.9. The van der Waals surface area contributed by atoms with E-state index in [0.717, 1.165) is 16.8 Å². The quantitative estimate of drug-likeness (QED) is 0.319. The van der Waals surface area contributed by atoms with Crippen molar-refractivity contribution in [1.29, 1.82) is 0 Å². The molecule has 0 aromatic heterocycles. The van der Waals surface area contributed by atoms with Gasteiger partial charge in [0.05, 0.1) is 14.7 Å². The van der Waals surface area contributed by atoms with E-state index in [1.54, 1.807) is 97.1 Å². The van der Waals surface area contributed by atoms with Gasteiger partial charge in [0.1, 0.15) is 0 Å². The first-order valence-electron chi connectivity index (χ1n) is 15.5. The maximum absolute atomic E-state index is 13.8. The summed E-state index contributed by atoms with van der Waals surface area (Å²) >= 11 is 0. The second-order valence-electron chi connectivity index (χ2n) is 11.2. The second-order valence-corrected chi connectivity index (χ2v) is 17.1. The van der Waals surface area contributed by atoms with Crippen molar-refractivity contribution in [2.75, 3.05) is 57.7 Å². The maximum atomic E-state index is 13.8. The normalized spacial score (nSPS) is 18.7. The van der Waals surface area contributed by atoms with Crippen LogP contribution in [0, 0.1) is 13.8 Å². The van der Waals surface area contributed by atoms with Gasteiger partial charge in [0.2, 0.25) is 30.1 Å². The highest BCUT2D eigenvalue weighted by Crippen LogP contribution is 2.21. The molecule has 4 rings (SSSR count). The monoisotopic (exact) mass is 713 g/mol. The van der Waals surface area contributed by atoms with E-state index in [2.05, 4.69) is 5.32 Å². The average molecular weight is 714 g/mol. The fraction of sp³-hybridized carbons (Fsp3) is 0.294. The molecule has 3 aromatic rings. The number of hydrogen-bond donors (Lipinski definition) is 2. The van der Waals surface area contributed by atoms with Crippen LogP contribution < -0.4 is 11.1 Å². The molecule has 3 N–H and O–H groups in total. The van der Waals surface area contributed by atoms with Crippen molar-refractivity contribution < 1.29 is 25.3 Å². The summed E-state index contributed by atoms with van der Waals surface area (Å²) in [5.41, 5.74) is 8.11. The van der Waals surface area contributed by atoms with Crippen molar-refractivity contribution in [1.82, 2.24) is 12.9 Å². The number of aryl methyl sites for hydroxylation is 2. The molecule has 0 amide bonds. The summed E-state index contributed by atoms with van der Waals surface area (Å²) in [7, 11) is -11.9. The summed E-state index contributed by atoms with van der Waals surface area (Å²) in [5.74, 6) is 0. The maximum Gasteiger partial charge on any atom is 0.243 e. The molecule has 1 heterocycles. The summed E-state index contributed by atoms with van der Waals surface area (Å²) in [5, 5.41) is 3.11. The number of nitrogens with one attached hydrogen (secondary N) is 1. The number of anilines is 1. The Morgan fingerprint density at radius 1 is 0.500 bits per heavy atom. The van der Waals surface area contributed by atoms with Crippen molar-refractivity contribution >= 4 is 35.8 Å². The van der Waals surface area contributed by atoms with Crippen molar-refractivity contribution in [3.63, 3.8) is 0 Å². The molecule has 1 aliphatic heterocycles. The highest BCUT2D eigenvalue weighted by Gasteiger charge is 2.26. The molecule has 0 radical (unpaired) electrons. The molecule has 11 nitrogen and oxygen atoms in total. The molecular formula is C34H43N5O6S3. The Bertz CT molecular complexity index is 1820. The zero-order valence-electron chi connectivity index (χ0n) is 27.1. The van der Waals surface area contributed by atoms with E-state index >= 15 is 0 Å². The van der Waals surface area contributed by atoms with E-state index in [9.17, 15) is 25.3 Å². The predicted octanol–water partition coefficient (Wildman–Crippen LogP) is 3.73. The van der Waals surface area contributed by atoms with E-state index in [-0.39, 0.29) is 54.0 Å². The van der Waals surface area contributed by atoms with E-state index in [0.29, 0.717) is 13.1 Å². The molecule has 258 valence electrons. The highest BCUT2D eigenvalue weighted by atomic mass is 32.2. The van der Waals surface area contributed by atoms with Crippen LogP contribution in [-0.4, -0.2) is 90.5 Å². The molecule has 0 spiro atoms. The van der Waals surface area contributed by atoms with Crippen LogP contribution in [-0.2, 0) is 30.1 Å². The molecule has 0 aliphatic carbocycles. The van der Waals surface area contributed by atoms with Crippen LogP contribution in [0.25, 0.3) is 0 Å². The smallest absolute Gasteiger partial charge is 0.243 e. The van der Waals surface area contributed by atoms with Crippen molar-refractivity contribution in [2.24, 2.45) is 5.73 Å². The van der Waals surface area contributed by atoms with Gasteiger partial charge in [-0.3, -0.25) is 0 Å². The Hall–Kier alpha value is -3.63. The number of nitrogens with two attached hydrogens (primary N) is 1. The lowest BCUT2D eigenvalue weighted by molar-refractivity contribution is 0.465. The predicted molar refractivity (Wildman–Crippen MR) is 190 cm³/mol. The Morgan fingerprint density at radius 2 is 0.771 bits per heavy atom. The van der Waals surface area contributed by atoms with Gasteiger partial charge in [-0.05, 0) is 62.4 Å². The minimum absolute atomic E-state index is 0.0264. The van der Waals surface area contributed by atoms with Crippen LogP contribution >= 0.6 is 0 Å². The number of hydrogen-bond acceptors (Lipinski definition) is 8. The molecular weight excluding hydrogens is 671 g/mol. The van der Waals surface area contributed by atoms with Crippen LogP contribution in [0.2, 0.25) is 0 Å². The number of sulfonamides is 3. The summed E-state index contributed by atoms with van der Waals surface area (Å²) in [4.78, 5) is 0.320. The van der Waals surface area contributed by atoms with Gasteiger partial charge in [-0.1, -0.05) is 71.8 Å². The van der Waals surface area contributed by atoms with Crippen LogP contribution in [0.15, 0.2) is 124 Å². The van der Waals surface area contributed by atoms with Gasteiger partial charge in [0.25, 0.3) is 0 Å². The SMILES string of the molecule is Cc1ccc(S(=O)(=O)N2C/C=C/CN(S(=O)(=O)c3ccc(C)cc3)C/C=C/CN(S(=O)(=O)c3ccc(NCCN)cc3)C/C=C/C2)cc1. The molecule has 0 atom stereocenters. The Morgan fingerprint density at radius 3 is 1.04 bits per heavy atom. The molecule has 0 unspecified atom stereocenters. The van der Waals surface area contributed by atoms with Gasteiger partial charge in [0, 0.05) is 58.0 Å². The first-order valence-corrected chi connectivity index (χ1v) is 19.8. The Balaban J connectivity index is 1.68. The van der Waals surface area contributed by atoms with E-state index in [1.165, 1.54) is 25.0 Å². The lowest BCUT2D eigenvalue weighted by Gasteiger charge is -2.21. The van der Waals surface area contributed by atoms with Crippen molar-refractivity contribution in [3.05, 3.63) is 120 Å². The third-order valence-electron chi connectivity index (χ3n) is 7.64. The van der Waals surface area contributed by atoms with E-state index in [1.807, 2.05) is 13.8 Å². The standard InChI is InChI=1S/C34H43N5O6S3/c1-29-9-15-32(16-10-29)46(40,41)37-23-3-4-24-38(47(42,43)33-17-11-30(2)12-18-33)26-6-8-28-39(27-7-5-25-37)48(44,45)34-19-13-31(14-20-34)36-22-21-35/h3-20,36H,21-28,35H2,1-2H3/b4-3+,7-5+,8-6+. The molecule has 48 heavy (non-hydrogen) atoms. The molecule has 0 bridgehead atoms. The van der Waals surface area contributed by atoms with Crippen LogP contribution in [0.5, 0.6) is 0 Å². The summed E-state index contributed by atoms with van der Waals surface area (Å²) in [6.45, 7) is 4.50. The van der Waals surface area contributed by atoms with Gasteiger partial charge >= 0.3 is 0 Å². The number of benzene rings is 3. The first-order chi connectivity index (χ1) is 22.9. The number of nitrogens with zero attached hydrogens (tertiary/aromatic N) is 3. The molecule has 0 saturated heterocycles. The summed E-state index contributed by atoms with van der Waals surface area (Å²) in [6, 6.07) is 19.4. The van der Waals surface area contributed by atoms with E-state index in [4.69, 9.17) is 5.73 Å². The van der Waals surface area contributed by atoms with Crippen molar-refractivity contribution in [2.45, 2.75) is 28.5 Å². The third-order valence-corrected chi connectivity index (χ3v) is 13.2. The number of rotatable bonds is 9. The minimum Gasteiger partial charge on any atom is -0.384 e. The minimum atomic E-state index is -3.99. The second kappa shape index (κ2) is 16.7. The van der Waals surface area contributed by atoms with Crippen molar-refractivity contribution in [3.8, 4) is 0 Å². The lowest BCUT2D eigenvalue weighted by atomic mass is 10.2. The fourth-order valence-corrected chi connectivity index (χ4v) is 8.82. The van der Waals surface area contributed by atoms with Crippen LogP contribution in [0.1, 0.15) is 11.1 Å². The zero-order chi connectivity index (χ0) is 34.8. The Labute approximate surface area is 285 Å². The third kappa shape index (κ3) is 9.50. The van der Waals surface area contributed by atoms with Crippen LogP contribution in [0.4, 0.5) is 5.69 Å². The Kier molecular flexibility index (Phi) is 12.9. The zero-order valence-corrected chi connectivity index (χ0v) is 29.6. The fourth-order valence-electron chi connectivity index (χ4n) is 4.79. The van der Waals surface area contributed by atoms with Gasteiger partial charge in [-0.25, -0.2) is 25.3 Å². The van der Waals surface area contributed by atoms with E-state index < -0.39 is 30.1 Å². The molecule has 14 heteroatoms. The summed E-state index contributed by atoms with van der Waals surface area (Å²) in [6.07, 6.45) is 9.75. The molecule has 1 aliphatic rings. The average Bonchev–Trinajstić information content (AvgIpc) is 3.07. The van der Waals surface area contributed by atoms with Crippen LogP contribution in [0.3, 0.4) is 0 Å². The highest BCUT2D eigenvalue weighted by molar-refractivity contribution is 7.89. The van der Waals surface area contributed by atoms with Gasteiger partial charge in [-0.2, -0.15) is 12.9 Å². The molecule has 0 saturated carbocycles. The van der Waals surface area contributed by atoms with Gasteiger partial charge in [0.15, 0.2) is 0 Å². The lowest BCUT2D eigenvalue weighted by Crippen LogP contribution is -2.33. The topological polar surface area (TPSA) is 150 Å². The van der Waals surface area contributed by atoms with Gasteiger partial charge in [-0.15, -0.1) is 0 Å². The van der Waals surface area contributed by atoms with Gasteiger partial charge < -0.3 is 11.1 Å². The molecule has 0 fully saturated rings. The molecule has 3 aromatic carbocycles.